The molecule has 0 amide bonds. The Balaban J connectivity index is 2.14. The topological polar surface area (TPSA) is 15.3 Å². The number of benzene rings is 1. The van der Waals surface area contributed by atoms with Crippen LogP contribution in [0.25, 0.3) is 0 Å². The van der Waals surface area contributed by atoms with Crippen LogP contribution in [0.15, 0.2) is 18.2 Å². The summed E-state index contributed by atoms with van der Waals surface area (Å²) < 4.78 is 13.2. The molecule has 1 saturated heterocycles. The fraction of sp³-hybridized carbons (Fsp3) is 0.600. The number of hydrogen-bond donors (Lipinski definition) is 1. The SMILES string of the molecule is CC(C)CC1CN(c2ccc(F)c(Cl)c2)C(C)CN1. The van der Waals surface area contributed by atoms with Crippen LogP contribution in [0.1, 0.15) is 27.2 Å². The molecule has 0 saturated carbocycles. The second kappa shape index (κ2) is 6.10. The summed E-state index contributed by atoms with van der Waals surface area (Å²) >= 11 is 5.88. The quantitative estimate of drug-likeness (QED) is 0.911. The van der Waals surface area contributed by atoms with Crippen molar-refractivity contribution in [1.82, 2.24) is 5.32 Å². The highest BCUT2D eigenvalue weighted by atomic mass is 35.5. The van der Waals surface area contributed by atoms with Crippen LogP contribution in [0.3, 0.4) is 0 Å². The molecule has 0 aromatic heterocycles. The molecule has 0 radical (unpaired) electrons. The molecule has 1 aliphatic rings. The first-order valence-electron chi connectivity index (χ1n) is 6.92. The van der Waals surface area contributed by atoms with Crippen molar-refractivity contribution in [3.63, 3.8) is 0 Å². The lowest BCUT2D eigenvalue weighted by Gasteiger charge is -2.41. The Hall–Kier alpha value is -0.800. The number of halogens is 2. The van der Waals surface area contributed by atoms with Gasteiger partial charge in [0.15, 0.2) is 0 Å². The van der Waals surface area contributed by atoms with Crippen LogP contribution in [-0.2, 0) is 0 Å². The molecule has 19 heavy (non-hydrogen) atoms. The van der Waals surface area contributed by atoms with Gasteiger partial charge >= 0.3 is 0 Å². The number of rotatable bonds is 3. The van der Waals surface area contributed by atoms with E-state index in [1.807, 2.05) is 6.07 Å². The zero-order chi connectivity index (χ0) is 14.0. The van der Waals surface area contributed by atoms with Crippen LogP contribution >= 0.6 is 11.6 Å². The highest BCUT2D eigenvalue weighted by Crippen LogP contribution is 2.26. The summed E-state index contributed by atoms with van der Waals surface area (Å²) in [6.45, 7) is 8.54. The number of nitrogens with zero attached hydrogens (tertiary/aromatic N) is 1. The largest absolute Gasteiger partial charge is 0.366 e. The van der Waals surface area contributed by atoms with Gasteiger partial charge in [-0.3, -0.25) is 0 Å². The normalized spacial score (nSPS) is 24.0. The van der Waals surface area contributed by atoms with E-state index in [0.717, 1.165) is 25.2 Å². The molecule has 0 spiro atoms. The Morgan fingerprint density at radius 1 is 1.47 bits per heavy atom. The van der Waals surface area contributed by atoms with Crippen LogP contribution in [0.2, 0.25) is 5.02 Å². The van der Waals surface area contributed by atoms with Gasteiger partial charge in [-0.2, -0.15) is 0 Å². The maximum atomic E-state index is 13.2. The third kappa shape index (κ3) is 3.61. The van der Waals surface area contributed by atoms with Crippen LogP contribution in [0, 0.1) is 11.7 Å². The molecule has 4 heteroatoms. The minimum absolute atomic E-state index is 0.198. The molecule has 1 N–H and O–H groups in total. The van der Waals surface area contributed by atoms with Crippen LogP contribution in [-0.4, -0.2) is 25.2 Å². The average molecular weight is 285 g/mol. The molecule has 0 bridgehead atoms. The Kier molecular flexibility index (Phi) is 4.69. The van der Waals surface area contributed by atoms with Crippen LogP contribution in [0.5, 0.6) is 0 Å². The summed E-state index contributed by atoms with van der Waals surface area (Å²) in [6, 6.07) is 5.87. The number of hydrogen-bond acceptors (Lipinski definition) is 2. The highest BCUT2D eigenvalue weighted by Gasteiger charge is 2.25. The molecule has 0 aliphatic carbocycles. The van der Waals surface area contributed by atoms with Crippen molar-refractivity contribution >= 4 is 17.3 Å². The van der Waals surface area contributed by atoms with E-state index in [0.29, 0.717) is 18.0 Å². The first kappa shape index (κ1) is 14.6. The Labute approximate surface area is 119 Å². The minimum atomic E-state index is -0.355. The van der Waals surface area contributed by atoms with Gasteiger partial charge in [0.05, 0.1) is 5.02 Å². The van der Waals surface area contributed by atoms with Gasteiger partial charge in [-0.15, -0.1) is 0 Å². The smallest absolute Gasteiger partial charge is 0.141 e. The monoisotopic (exact) mass is 284 g/mol. The molecule has 2 atom stereocenters. The van der Waals surface area contributed by atoms with Crippen molar-refractivity contribution in [2.24, 2.45) is 5.92 Å². The van der Waals surface area contributed by atoms with Gasteiger partial charge in [0.25, 0.3) is 0 Å². The average Bonchev–Trinajstić information content (AvgIpc) is 2.34. The van der Waals surface area contributed by atoms with E-state index in [-0.39, 0.29) is 10.8 Å². The van der Waals surface area contributed by atoms with E-state index in [4.69, 9.17) is 11.6 Å². The molecular weight excluding hydrogens is 263 g/mol. The molecule has 1 aromatic carbocycles. The van der Waals surface area contributed by atoms with Crippen molar-refractivity contribution in [3.05, 3.63) is 29.0 Å². The van der Waals surface area contributed by atoms with Gasteiger partial charge in [0, 0.05) is 30.9 Å². The molecule has 2 unspecified atom stereocenters. The Morgan fingerprint density at radius 2 is 2.21 bits per heavy atom. The van der Waals surface area contributed by atoms with Crippen LogP contribution in [0.4, 0.5) is 10.1 Å². The van der Waals surface area contributed by atoms with E-state index in [1.165, 1.54) is 6.07 Å². The molecule has 1 aromatic rings. The third-order valence-electron chi connectivity index (χ3n) is 3.64. The van der Waals surface area contributed by atoms with E-state index >= 15 is 0 Å². The maximum Gasteiger partial charge on any atom is 0.141 e. The first-order valence-corrected chi connectivity index (χ1v) is 7.30. The lowest BCUT2D eigenvalue weighted by atomic mass is 9.99. The minimum Gasteiger partial charge on any atom is -0.366 e. The standard InChI is InChI=1S/C15H22ClFN2/c1-10(2)6-12-9-19(11(3)8-18-12)13-4-5-15(17)14(16)7-13/h4-5,7,10-12,18H,6,8-9H2,1-3H3. The zero-order valence-electron chi connectivity index (χ0n) is 11.8. The van der Waals surface area contributed by atoms with Gasteiger partial charge < -0.3 is 10.2 Å². The summed E-state index contributed by atoms with van der Waals surface area (Å²) in [5.74, 6) is 0.316. The lowest BCUT2D eigenvalue weighted by Crippen LogP contribution is -2.56. The molecule has 2 nitrogen and oxygen atoms in total. The summed E-state index contributed by atoms with van der Waals surface area (Å²) in [5, 5.41) is 3.78. The molecule has 1 heterocycles. The van der Waals surface area contributed by atoms with E-state index in [1.54, 1.807) is 6.07 Å². The Bertz CT molecular complexity index is 436. The van der Waals surface area contributed by atoms with Crippen molar-refractivity contribution in [1.29, 1.82) is 0 Å². The lowest BCUT2D eigenvalue weighted by molar-refractivity contribution is 0.356. The van der Waals surface area contributed by atoms with Crippen molar-refractivity contribution in [2.45, 2.75) is 39.3 Å². The van der Waals surface area contributed by atoms with E-state index < -0.39 is 0 Å². The van der Waals surface area contributed by atoms with Gasteiger partial charge in [-0.25, -0.2) is 4.39 Å². The molecule has 106 valence electrons. The first-order chi connectivity index (χ1) is 8.97. The maximum absolute atomic E-state index is 13.2. The summed E-state index contributed by atoms with van der Waals surface area (Å²) in [6.07, 6.45) is 1.15. The second-order valence-electron chi connectivity index (χ2n) is 5.83. The molecule has 1 aliphatic heterocycles. The van der Waals surface area contributed by atoms with Crippen LogP contribution < -0.4 is 10.2 Å². The van der Waals surface area contributed by atoms with Gasteiger partial charge in [-0.1, -0.05) is 25.4 Å². The number of anilines is 1. The highest BCUT2D eigenvalue weighted by molar-refractivity contribution is 6.31. The second-order valence-corrected chi connectivity index (χ2v) is 6.24. The molecule has 2 rings (SSSR count). The fourth-order valence-corrected chi connectivity index (χ4v) is 2.85. The summed E-state index contributed by atoms with van der Waals surface area (Å²) in [5.41, 5.74) is 1.01. The third-order valence-corrected chi connectivity index (χ3v) is 3.93. The fourth-order valence-electron chi connectivity index (χ4n) is 2.68. The van der Waals surface area contributed by atoms with Crippen molar-refractivity contribution in [3.8, 4) is 0 Å². The van der Waals surface area contributed by atoms with Gasteiger partial charge in [0.2, 0.25) is 0 Å². The van der Waals surface area contributed by atoms with Crippen molar-refractivity contribution < 1.29 is 4.39 Å². The molecular formula is C15H22ClFN2. The van der Waals surface area contributed by atoms with Gasteiger partial charge in [-0.05, 0) is 37.5 Å². The zero-order valence-corrected chi connectivity index (χ0v) is 12.5. The number of nitrogens with one attached hydrogen (secondary N) is 1. The predicted octanol–water partition coefficient (Wildman–Crippen LogP) is 3.69. The van der Waals surface area contributed by atoms with Gasteiger partial charge in [0.1, 0.15) is 5.82 Å². The summed E-state index contributed by atoms with van der Waals surface area (Å²) in [7, 11) is 0. The Morgan fingerprint density at radius 3 is 2.84 bits per heavy atom. The predicted molar refractivity (Wildman–Crippen MR) is 79.5 cm³/mol. The van der Waals surface area contributed by atoms with E-state index in [2.05, 4.69) is 31.0 Å². The summed E-state index contributed by atoms with van der Waals surface area (Å²) in [4.78, 5) is 2.31. The number of piperazine rings is 1. The molecule has 1 fully saturated rings. The van der Waals surface area contributed by atoms with Crippen molar-refractivity contribution in [2.75, 3.05) is 18.0 Å². The van der Waals surface area contributed by atoms with E-state index in [9.17, 15) is 4.39 Å².